The molecule has 0 radical (unpaired) electrons. The van der Waals surface area contributed by atoms with Crippen molar-refractivity contribution >= 4 is 23.2 Å². The van der Waals surface area contributed by atoms with Gasteiger partial charge in [-0.3, -0.25) is 0 Å². The minimum Gasteiger partial charge on any atom is -0.307 e. The van der Waals surface area contributed by atoms with Gasteiger partial charge >= 0.3 is 0 Å². The molecule has 2 nitrogen and oxygen atoms in total. The van der Waals surface area contributed by atoms with Gasteiger partial charge in [0.15, 0.2) is 0 Å². The van der Waals surface area contributed by atoms with Crippen molar-refractivity contribution in [2.24, 2.45) is 5.92 Å². The molecule has 1 saturated heterocycles. The molecule has 0 spiro atoms. The van der Waals surface area contributed by atoms with E-state index in [1.165, 1.54) is 25.9 Å². The van der Waals surface area contributed by atoms with Crippen LogP contribution in [-0.2, 0) is 0 Å². The van der Waals surface area contributed by atoms with Crippen LogP contribution in [0.2, 0.25) is 10.0 Å². The summed E-state index contributed by atoms with van der Waals surface area (Å²) in [6, 6.07) is 6.47. The molecule has 0 bridgehead atoms. The molecule has 3 unspecified atom stereocenters. The van der Waals surface area contributed by atoms with Crippen molar-refractivity contribution in [3.63, 3.8) is 0 Å². The summed E-state index contributed by atoms with van der Waals surface area (Å²) >= 11 is 12.3. The quantitative estimate of drug-likeness (QED) is 0.837. The van der Waals surface area contributed by atoms with Gasteiger partial charge in [-0.15, -0.1) is 0 Å². The molecule has 0 amide bonds. The highest BCUT2D eigenvalue weighted by Crippen LogP contribution is 2.28. The summed E-state index contributed by atoms with van der Waals surface area (Å²) in [5.74, 6) is 0.715. The van der Waals surface area contributed by atoms with Gasteiger partial charge in [-0.1, -0.05) is 36.2 Å². The summed E-state index contributed by atoms with van der Waals surface area (Å²) in [5.41, 5.74) is 1.12. The third-order valence-electron chi connectivity index (χ3n) is 4.64. The lowest BCUT2D eigenvalue weighted by Gasteiger charge is -2.36. The molecule has 1 aromatic carbocycles. The van der Waals surface area contributed by atoms with Gasteiger partial charge in [0, 0.05) is 28.7 Å². The number of halogens is 2. The second kappa shape index (κ2) is 7.82. The number of rotatable bonds is 5. The van der Waals surface area contributed by atoms with Gasteiger partial charge in [0.05, 0.1) is 0 Å². The highest BCUT2D eigenvalue weighted by molar-refractivity contribution is 6.35. The van der Waals surface area contributed by atoms with Gasteiger partial charge in [-0.25, -0.2) is 0 Å². The minimum atomic E-state index is 0.238. The van der Waals surface area contributed by atoms with Crippen LogP contribution in [0.15, 0.2) is 18.2 Å². The summed E-state index contributed by atoms with van der Waals surface area (Å²) in [6.07, 6.45) is 2.62. The van der Waals surface area contributed by atoms with Gasteiger partial charge in [0.1, 0.15) is 0 Å². The van der Waals surface area contributed by atoms with Crippen molar-refractivity contribution in [2.45, 2.75) is 45.7 Å². The van der Waals surface area contributed by atoms with Crippen LogP contribution in [0.4, 0.5) is 0 Å². The van der Waals surface area contributed by atoms with Crippen molar-refractivity contribution in [1.29, 1.82) is 0 Å². The Morgan fingerprint density at radius 2 is 2.10 bits per heavy atom. The van der Waals surface area contributed by atoms with Crippen molar-refractivity contribution in [3.8, 4) is 0 Å². The van der Waals surface area contributed by atoms with Gasteiger partial charge < -0.3 is 10.2 Å². The summed E-state index contributed by atoms with van der Waals surface area (Å²) in [5, 5.41) is 5.15. The first-order chi connectivity index (χ1) is 10.0. The second-order valence-electron chi connectivity index (χ2n) is 6.14. The number of piperidine rings is 1. The lowest BCUT2D eigenvalue weighted by molar-refractivity contribution is 0.153. The summed E-state index contributed by atoms with van der Waals surface area (Å²) < 4.78 is 0. The van der Waals surface area contributed by atoms with Gasteiger partial charge in [-0.05, 0) is 63.4 Å². The van der Waals surface area contributed by atoms with Gasteiger partial charge in [0.25, 0.3) is 0 Å². The number of nitrogens with zero attached hydrogens (tertiary/aromatic N) is 1. The normalized spacial score (nSPS) is 23.0. The number of likely N-dealkylation sites (tertiary alicyclic amines) is 1. The molecule has 1 fully saturated rings. The Morgan fingerprint density at radius 3 is 2.76 bits per heavy atom. The monoisotopic (exact) mass is 328 g/mol. The Kier molecular flexibility index (Phi) is 6.36. The van der Waals surface area contributed by atoms with Gasteiger partial charge in [-0.2, -0.15) is 0 Å². The van der Waals surface area contributed by atoms with E-state index in [0.717, 1.165) is 17.1 Å². The van der Waals surface area contributed by atoms with E-state index < -0.39 is 0 Å². The zero-order valence-corrected chi connectivity index (χ0v) is 14.7. The largest absolute Gasteiger partial charge is 0.307 e. The average molecular weight is 329 g/mol. The number of hydrogen-bond donors (Lipinski definition) is 1. The van der Waals surface area contributed by atoms with Crippen LogP contribution < -0.4 is 5.32 Å². The third kappa shape index (κ3) is 4.59. The Hall–Kier alpha value is -0.280. The molecule has 1 aromatic rings. The molecule has 0 aliphatic carbocycles. The number of hydrogen-bond acceptors (Lipinski definition) is 2. The van der Waals surface area contributed by atoms with Crippen molar-refractivity contribution in [2.75, 3.05) is 19.6 Å². The van der Waals surface area contributed by atoms with E-state index in [4.69, 9.17) is 23.2 Å². The first-order valence-electron chi connectivity index (χ1n) is 7.94. The van der Waals surface area contributed by atoms with Crippen LogP contribution in [0.5, 0.6) is 0 Å². The topological polar surface area (TPSA) is 15.3 Å². The Labute approximate surface area is 138 Å². The fraction of sp³-hybridized carbons (Fsp3) is 0.647. The molecular weight excluding hydrogens is 303 g/mol. The van der Waals surface area contributed by atoms with Crippen molar-refractivity contribution < 1.29 is 0 Å². The molecule has 118 valence electrons. The zero-order chi connectivity index (χ0) is 15.4. The van der Waals surface area contributed by atoms with Crippen LogP contribution in [0, 0.1) is 5.92 Å². The fourth-order valence-electron chi connectivity index (χ4n) is 3.26. The zero-order valence-electron chi connectivity index (χ0n) is 13.2. The molecular formula is C17H26Cl2N2. The van der Waals surface area contributed by atoms with Crippen LogP contribution in [0.25, 0.3) is 0 Å². The Balaban J connectivity index is 1.96. The Morgan fingerprint density at radius 1 is 1.33 bits per heavy atom. The van der Waals surface area contributed by atoms with E-state index in [9.17, 15) is 0 Å². The molecule has 0 aromatic heterocycles. The highest BCUT2D eigenvalue weighted by atomic mass is 35.5. The van der Waals surface area contributed by atoms with E-state index in [0.29, 0.717) is 17.0 Å². The minimum absolute atomic E-state index is 0.238. The first kappa shape index (κ1) is 17.1. The number of nitrogens with one attached hydrogen (secondary N) is 1. The maximum atomic E-state index is 6.31. The summed E-state index contributed by atoms with van der Waals surface area (Å²) in [6.45, 7) is 10.3. The smallest absolute Gasteiger partial charge is 0.0468 e. The molecule has 3 atom stereocenters. The maximum absolute atomic E-state index is 6.31. The van der Waals surface area contributed by atoms with Crippen LogP contribution in [-0.4, -0.2) is 30.6 Å². The van der Waals surface area contributed by atoms with E-state index >= 15 is 0 Å². The molecule has 21 heavy (non-hydrogen) atoms. The van der Waals surface area contributed by atoms with E-state index in [-0.39, 0.29) is 6.04 Å². The van der Waals surface area contributed by atoms with Crippen molar-refractivity contribution in [1.82, 2.24) is 10.2 Å². The molecule has 4 heteroatoms. The fourth-order valence-corrected chi connectivity index (χ4v) is 3.83. The van der Waals surface area contributed by atoms with Crippen LogP contribution in [0.3, 0.4) is 0 Å². The molecule has 0 saturated carbocycles. The van der Waals surface area contributed by atoms with E-state index in [2.05, 4.69) is 31.0 Å². The second-order valence-corrected chi connectivity index (χ2v) is 6.98. The Bertz CT molecular complexity index is 464. The standard InChI is InChI=1S/C17H26Cl2N2/c1-4-21-9-5-6-14(11-21)12(2)20-13(3)16-8-7-15(18)10-17(16)19/h7-8,10,12-14,20H,4-6,9,11H2,1-3H3. The molecule has 2 rings (SSSR count). The average Bonchev–Trinajstić information content (AvgIpc) is 2.47. The lowest BCUT2D eigenvalue weighted by Crippen LogP contribution is -2.45. The van der Waals surface area contributed by atoms with Crippen molar-refractivity contribution in [3.05, 3.63) is 33.8 Å². The van der Waals surface area contributed by atoms with E-state index in [1.54, 1.807) is 0 Å². The molecule has 1 N–H and O–H groups in total. The van der Waals surface area contributed by atoms with E-state index in [1.807, 2.05) is 18.2 Å². The predicted octanol–water partition coefficient (Wildman–Crippen LogP) is 4.76. The summed E-state index contributed by atoms with van der Waals surface area (Å²) in [4.78, 5) is 2.55. The van der Waals surface area contributed by atoms with Crippen LogP contribution in [0.1, 0.15) is 45.2 Å². The molecule has 1 heterocycles. The third-order valence-corrected chi connectivity index (χ3v) is 5.20. The van der Waals surface area contributed by atoms with Crippen LogP contribution >= 0.6 is 23.2 Å². The number of benzene rings is 1. The SMILES string of the molecule is CCN1CCCC(C(C)NC(C)c2ccc(Cl)cc2Cl)C1. The maximum Gasteiger partial charge on any atom is 0.0468 e. The lowest BCUT2D eigenvalue weighted by atomic mass is 9.90. The molecule has 1 aliphatic heterocycles. The first-order valence-corrected chi connectivity index (χ1v) is 8.70. The van der Waals surface area contributed by atoms with Gasteiger partial charge in [0.2, 0.25) is 0 Å². The summed E-state index contributed by atoms with van der Waals surface area (Å²) in [7, 11) is 0. The predicted molar refractivity (Wildman–Crippen MR) is 92.3 cm³/mol. The highest BCUT2D eigenvalue weighted by Gasteiger charge is 2.25. The molecule has 1 aliphatic rings.